The van der Waals surface area contributed by atoms with Crippen LogP contribution in [0.15, 0.2) is 59.5 Å². The molecule has 0 fully saturated rings. The molecule has 0 saturated heterocycles. The highest BCUT2D eigenvalue weighted by atomic mass is 32.2. The predicted octanol–water partition coefficient (Wildman–Crippen LogP) is 2.96. The molecule has 2 N–H and O–H groups in total. The van der Waals surface area contributed by atoms with Crippen LogP contribution >= 0.6 is 0 Å². The van der Waals surface area contributed by atoms with E-state index in [1.807, 2.05) is 30.3 Å². The molecule has 1 atom stereocenters. The van der Waals surface area contributed by atoms with Crippen molar-refractivity contribution in [2.45, 2.75) is 44.3 Å². The van der Waals surface area contributed by atoms with Crippen LogP contribution in [0, 0.1) is 0 Å². The van der Waals surface area contributed by atoms with Gasteiger partial charge in [-0.2, -0.15) is 0 Å². The molecule has 1 unspecified atom stereocenters. The lowest BCUT2D eigenvalue weighted by molar-refractivity contribution is 0.0696. The average molecular weight is 391 g/mol. The fourth-order valence-electron chi connectivity index (χ4n) is 2.79. The van der Waals surface area contributed by atoms with Gasteiger partial charge < -0.3 is 5.11 Å². The minimum absolute atomic E-state index is 0.0478. The second-order valence-corrected chi connectivity index (χ2v) is 8.58. The molecule has 0 spiro atoms. The first-order valence-corrected chi connectivity index (χ1v) is 10.3. The van der Waals surface area contributed by atoms with Gasteiger partial charge in [0.05, 0.1) is 10.5 Å². The van der Waals surface area contributed by atoms with Crippen molar-refractivity contribution in [3.05, 3.63) is 65.7 Å². The summed E-state index contributed by atoms with van der Waals surface area (Å²) >= 11 is 0. The third kappa shape index (κ3) is 6.16. The molecule has 2 aromatic rings. The van der Waals surface area contributed by atoms with Gasteiger partial charge in [-0.1, -0.05) is 36.4 Å². The Morgan fingerprint density at radius 3 is 2.33 bits per heavy atom. The number of carboxylic acids is 1. The Morgan fingerprint density at radius 2 is 1.74 bits per heavy atom. The second kappa shape index (κ2) is 9.12. The minimum atomic E-state index is -3.80. The van der Waals surface area contributed by atoms with Gasteiger partial charge in [0, 0.05) is 25.2 Å². The normalized spacial score (nSPS) is 13.1. The number of carbonyl (C=O) groups is 1. The second-order valence-electron chi connectivity index (χ2n) is 6.86. The van der Waals surface area contributed by atoms with Crippen LogP contribution in [0.25, 0.3) is 0 Å². The summed E-state index contributed by atoms with van der Waals surface area (Å²) < 4.78 is 27.9. The molecular formula is C20H26N2O4S. The first-order chi connectivity index (χ1) is 12.7. The molecule has 0 aliphatic carbocycles. The number of aromatic carboxylic acids is 1. The Labute approximate surface area is 160 Å². The molecular weight excluding hydrogens is 364 g/mol. The van der Waals surface area contributed by atoms with Gasteiger partial charge >= 0.3 is 5.97 Å². The van der Waals surface area contributed by atoms with Crippen LogP contribution in [0.5, 0.6) is 0 Å². The highest BCUT2D eigenvalue weighted by Gasteiger charge is 2.21. The van der Waals surface area contributed by atoms with Crippen LogP contribution in [-0.2, 0) is 16.6 Å². The molecule has 0 radical (unpaired) electrons. The van der Waals surface area contributed by atoms with Crippen LogP contribution in [0.3, 0.4) is 0 Å². The Bertz CT molecular complexity index is 867. The number of hydrogen-bond donors (Lipinski definition) is 2. The van der Waals surface area contributed by atoms with Gasteiger partial charge in [0.25, 0.3) is 0 Å². The number of benzene rings is 2. The molecule has 2 aromatic carbocycles. The smallest absolute Gasteiger partial charge is 0.335 e. The van der Waals surface area contributed by atoms with Gasteiger partial charge in [0.15, 0.2) is 0 Å². The summed E-state index contributed by atoms with van der Waals surface area (Å²) in [6.45, 7) is 7.20. The highest BCUT2D eigenvalue weighted by Crippen LogP contribution is 2.14. The zero-order chi connectivity index (χ0) is 20.0. The summed E-state index contributed by atoms with van der Waals surface area (Å²) in [6.07, 6.45) is 0. The number of rotatable bonds is 9. The molecule has 0 aromatic heterocycles. The van der Waals surface area contributed by atoms with Crippen LogP contribution in [0.2, 0.25) is 0 Å². The highest BCUT2D eigenvalue weighted by molar-refractivity contribution is 7.89. The van der Waals surface area contributed by atoms with E-state index < -0.39 is 16.0 Å². The maximum Gasteiger partial charge on any atom is 0.335 e. The van der Waals surface area contributed by atoms with E-state index in [4.69, 9.17) is 5.11 Å². The first kappa shape index (κ1) is 21.1. The van der Waals surface area contributed by atoms with Gasteiger partial charge in [-0.15, -0.1) is 0 Å². The van der Waals surface area contributed by atoms with Crippen molar-refractivity contribution >= 4 is 16.0 Å². The van der Waals surface area contributed by atoms with Gasteiger partial charge in [-0.25, -0.2) is 17.9 Å². The topological polar surface area (TPSA) is 86.7 Å². The summed E-state index contributed by atoms with van der Waals surface area (Å²) in [5.41, 5.74) is 1.11. The van der Waals surface area contributed by atoms with Crippen LogP contribution in [0.4, 0.5) is 0 Å². The van der Waals surface area contributed by atoms with Crippen molar-refractivity contribution in [1.82, 2.24) is 9.62 Å². The SMILES string of the molecule is CC(CN(Cc1ccccc1)C(C)C)NS(=O)(=O)c1cccc(C(=O)O)c1. The van der Waals surface area contributed by atoms with E-state index in [0.29, 0.717) is 6.54 Å². The van der Waals surface area contributed by atoms with E-state index in [1.54, 1.807) is 6.92 Å². The number of sulfonamides is 1. The summed E-state index contributed by atoms with van der Waals surface area (Å²) in [7, 11) is -3.80. The summed E-state index contributed by atoms with van der Waals surface area (Å²) in [5.74, 6) is -1.16. The zero-order valence-corrected chi connectivity index (χ0v) is 16.6. The van der Waals surface area contributed by atoms with Crippen LogP contribution < -0.4 is 4.72 Å². The molecule has 7 heteroatoms. The third-order valence-corrected chi connectivity index (χ3v) is 5.80. The maximum absolute atomic E-state index is 12.6. The Morgan fingerprint density at radius 1 is 1.07 bits per heavy atom. The quantitative estimate of drug-likeness (QED) is 0.687. The number of hydrogen-bond acceptors (Lipinski definition) is 4. The van der Waals surface area contributed by atoms with E-state index >= 15 is 0 Å². The van der Waals surface area contributed by atoms with Gasteiger partial charge in [0.2, 0.25) is 10.0 Å². The number of carboxylic acid groups (broad SMARTS) is 1. The molecule has 0 heterocycles. The lowest BCUT2D eigenvalue weighted by Crippen LogP contribution is -2.44. The summed E-state index contributed by atoms with van der Waals surface area (Å²) in [5, 5.41) is 9.06. The fraction of sp³-hybridized carbons (Fsp3) is 0.350. The molecule has 0 bridgehead atoms. The van der Waals surface area contributed by atoms with Crippen molar-refractivity contribution < 1.29 is 18.3 Å². The average Bonchev–Trinajstić information content (AvgIpc) is 2.61. The lowest BCUT2D eigenvalue weighted by atomic mass is 10.1. The van der Waals surface area contributed by atoms with Gasteiger partial charge in [-0.3, -0.25) is 4.90 Å². The summed E-state index contributed by atoms with van der Waals surface area (Å²) in [6, 6.07) is 15.3. The maximum atomic E-state index is 12.6. The monoisotopic (exact) mass is 390 g/mol. The Balaban J connectivity index is 2.08. The predicted molar refractivity (Wildman–Crippen MR) is 105 cm³/mol. The van der Waals surface area contributed by atoms with E-state index in [0.717, 1.165) is 12.1 Å². The van der Waals surface area contributed by atoms with Crippen LogP contribution in [-0.4, -0.2) is 43.0 Å². The summed E-state index contributed by atoms with van der Waals surface area (Å²) in [4.78, 5) is 13.2. The number of nitrogens with zero attached hydrogens (tertiary/aromatic N) is 1. The fourth-order valence-corrected chi connectivity index (χ4v) is 4.07. The van der Waals surface area contributed by atoms with E-state index in [-0.39, 0.29) is 22.5 Å². The van der Waals surface area contributed by atoms with Gasteiger partial charge in [-0.05, 0) is 44.5 Å². The van der Waals surface area contributed by atoms with Crippen molar-refractivity contribution in [1.29, 1.82) is 0 Å². The van der Waals surface area contributed by atoms with Crippen molar-refractivity contribution in [3.63, 3.8) is 0 Å². The molecule has 27 heavy (non-hydrogen) atoms. The largest absolute Gasteiger partial charge is 0.478 e. The molecule has 0 aliphatic rings. The van der Waals surface area contributed by atoms with E-state index in [1.165, 1.54) is 24.3 Å². The Hall–Kier alpha value is -2.22. The minimum Gasteiger partial charge on any atom is -0.478 e. The van der Waals surface area contributed by atoms with Gasteiger partial charge in [0.1, 0.15) is 0 Å². The van der Waals surface area contributed by atoms with Crippen molar-refractivity contribution in [3.8, 4) is 0 Å². The molecule has 0 aliphatic heterocycles. The standard InChI is InChI=1S/C20H26N2O4S/c1-15(2)22(14-17-8-5-4-6-9-17)13-16(3)21-27(25,26)19-11-7-10-18(12-19)20(23)24/h4-12,15-16,21H,13-14H2,1-3H3,(H,23,24). The number of nitrogens with one attached hydrogen (secondary N) is 1. The van der Waals surface area contributed by atoms with Crippen molar-refractivity contribution in [2.75, 3.05) is 6.54 Å². The van der Waals surface area contributed by atoms with Crippen LogP contribution in [0.1, 0.15) is 36.7 Å². The van der Waals surface area contributed by atoms with Crippen molar-refractivity contribution in [2.24, 2.45) is 0 Å². The molecule has 0 saturated carbocycles. The molecule has 146 valence electrons. The lowest BCUT2D eigenvalue weighted by Gasteiger charge is -2.29. The first-order valence-electron chi connectivity index (χ1n) is 8.82. The zero-order valence-electron chi connectivity index (χ0n) is 15.8. The molecule has 2 rings (SSSR count). The van der Waals surface area contributed by atoms with E-state index in [9.17, 15) is 13.2 Å². The molecule has 6 nitrogen and oxygen atoms in total. The molecule has 0 amide bonds. The third-order valence-electron chi connectivity index (χ3n) is 4.21. The van der Waals surface area contributed by atoms with E-state index in [2.05, 4.69) is 23.5 Å². The Kier molecular flexibility index (Phi) is 7.12.